The molecule has 29 heavy (non-hydrogen) atoms. The van der Waals surface area contributed by atoms with Gasteiger partial charge in [0.2, 0.25) is 0 Å². The van der Waals surface area contributed by atoms with Crippen molar-refractivity contribution in [1.82, 2.24) is 15.6 Å². The second kappa shape index (κ2) is 13.3. The molecule has 0 fully saturated rings. The van der Waals surface area contributed by atoms with Gasteiger partial charge in [-0.15, -0.1) is 35.3 Å². The number of nitrogens with zero attached hydrogens (tertiary/aromatic N) is 4. The summed E-state index contributed by atoms with van der Waals surface area (Å²) in [6.45, 7) is 4.20. The number of aryl methyl sites for hydroxylation is 1. The zero-order valence-corrected chi connectivity index (χ0v) is 20.2. The lowest BCUT2D eigenvalue weighted by atomic mass is 10.1. The first-order valence-electron chi connectivity index (χ1n) is 9.37. The minimum Gasteiger partial charge on any atom is -0.357 e. The Hall–Kier alpha value is -1.95. The van der Waals surface area contributed by atoms with Crippen LogP contribution in [0.4, 0.5) is 10.8 Å². The van der Waals surface area contributed by atoms with Gasteiger partial charge < -0.3 is 15.5 Å². The standard InChI is InChI=1S/C19H28N6O2S.HI/c1-4-20-18(22-13-16-14-28-19(23-16)24(2)3)21-12-6-5-7-15-8-10-17(11-9-15)25(26)27;/h8-11,14H,4-7,12-13H2,1-3H3,(H2,20,21,22);1H. The number of nitrogens with one attached hydrogen (secondary N) is 2. The molecule has 0 aliphatic rings. The van der Waals surface area contributed by atoms with E-state index in [-0.39, 0.29) is 34.6 Å². The highest BCUT2D eigenvalue weighted by Gasteiger charge is 2.05. The van der Waals surface area contributed by atoms with Gasteiger partial charge >= 0.3 is 0 Å². The summed E-state index contributed by atoms with van der Waals surface area (Å²) in [6.07, 6.45) is 2.89. The van der Waals surface area contributed by atoms with E-state index >= 15 is 0 Å². The Balaban J connectivity index is 0.00000420. The molecule has 0 atom stereocenters. The maximum absolute atomic E-state index is 10.7. The van der Waals surface area contributed by atoms with Crippen LogP contribution >= 0.6 is 35.3 Å². The quantitative estimate of drug-likeness (QED) is 0.121. The number of thiazole rings is 1. The fraction of sp³-hybridized carbons (Fsp3) is 0.474. The molecular weight excluding hydrogens is 503 g/mol. The summed E-state index contributed by atoms with van der Waals surface area (Å²) in [5, 5.41) is 20.3. The molecule has 0 aliphatic heterocycles. The van der Waals surface area contributed by atoms with Crippen molar-refractivity contribution < 1.29 is 4.92 Å². The second-order valence-electron chi connectivity index (χ2n) is 6.52. The molecule has 10 heteroatoms. The van der Waals surface area contributed by atoms with Gasteiger partial charge in [-0.2, -0.15) is 0 Å². The van der Waals surface area contributed by atoms with Crippen molar-refractivity contribution in [2.24, 2.45) is 4.99 Å². The van der Waals surface area contributed by atoms with Crippen LogP contribution in [0.15, 0.2) is 34.6 Å². The molecule has 0 bridgehead atoms. The van der Waals surface area contributed by atoms with Crippen molar-refractivity contribution >= 4 is 52.1 Å². The van der Waals surface area contributed by atoms with Crippen LogP contribution in [0.3, 0.4) is 0 Å². The number of hydrogen-bond donors (Lipinski definition) is 2. The van der Waals surface area contributed by atoms with Crippen molar-refractivity contribution in [3.8, 4) is 0 Å². The Kier molecular flexibility index (Phi) is 11.5. The number of unbranched alkanes of at least 4 members (excludes halogenated alkanes) is 1. The van der Waals surface area contributed by atoms with Crippen LogP contribution in [-0.4, -0.2) is 43.1 Å². The second-order valence-corrected chi connectivity index (χ2v) is 7.36. The number of hydrogen-bond acceptors (Lipinski definition) is 6. The zero-order chi connectivity index (χ0) is 20.4. The molecular formula is C19H29IN6O2S. The van der Waals surface area contributed by atoms with Gasteiger partial charge in [-0.1, -0.05) is 12.1 Å². The first kappa shape index (κ1) is 25.1. The van der Waals surface area contributed by atoms with Crippen molar-refractivity contribution in [2.45, 2.75) is 32.7 Å². The van der Waals surface area contributed by atoms with Crippen LogP contribution in [0.2, 0.25) is 0 Å². The first-order valence-corrected chi connectivity index (χ1v) is 10.2. The topological polar surface area (TPSA) is 95.7 Å². The summed E-state index contributed by atoms with van der Waals surface area (Å²) in [4.78, 5) is 21.4. The van der Waals surface area contributed by atoms with Gasteiger partial charge in [0.25, 0.3) is 5.69 Å². The Bertz CT molecular complexity index is 779. The number of non-ortho nitro benzene ring substituents is 1. The summed E-state index contributed by atoms with van der Waals surface area (Å²) < 4.78 is 0. The lowest BCUT2D eigenvalue weighted by Gasteiger charge is -2.11. The molecule has 1 heterocycles. The van der Waals surface area contributed by atoms with Crippen LogP contribution < -0.4 is 15.5 Å². The van der Waals surface area contributed by atoms with Crippen LogP contribution in [0.5, 0.6) is 0 Å². The van der Waals surface area contributed by atoms with E-state index < -0.39 is 0 Å². The van der Waals surface area contributed by atoms with Crippen molar-refractivity contribution in [2.75, 3.05) is 32.1 Å². The highest BCUT2D eigenvalue weighted by atomic mass is 127. The minimum absolute atomic E-state index is 0. The summed E-state index contributed by atoms with van der Waals surface area (Å²) in [5.74, 6) is 0.789. The first-order chi connectivity index (χ1) is 13.5. The Morgan fingerprint density at radius 2 is 1.97 bits per heavy atom. The molecule has 0 unspecified atom stereocenters. The Labute approximate surface area is 193 Å². The smallest absolute Gasteiger partial charge is 0.269 e. The fourth-order valence-electron chi connectivity index (χ4n) is 2.52. The molecule has 0 saturated carbocycles. The average Bonchev–Trinajstić information content (AvgIpc) is 3.15. The minimum atomic E-state index is -0.373. The maximum Gasteiger partial charge on any atom is 0.269 e. The molecule has 2 aromatic rings. The Morgan fingerprint density at radius 1 is 1.24 bits per heavy atom. The highest BCUT2D eigenvalue weighted by molar-refractivity contribution is 14.0. The van der Waals surface area contributed by atoms with Gasteiger partial charge in [0.15, 0.2) is 11.1 Å². The van der Waals surface area contributed by atoms with E-state index in [2.05, 4.69) is 20.6 Å². The number of aliphatic imine (C=N–C) groups is 1. The zero-order valence-electron chi connectivity index (χ0n) is 17.1. The SMILES string of the molecule is CCNC(=NCc1csc(N(C)C)n1)NCCCCc1ccc([N+](=O)[O-])cc1.I. The fourth-order valence-corrected chi connectivity index (χ4v) is 3.27. The van der Waals surface area contributed by atoms with E-state index in [0.717, 1.165) is 54.7 Å². The number of nitro benzene ring substituents is 1. The molecule has 2 N–H and O–H groups in total. The lowest BCUT2D eigenvalue weighted by Crippen LogP contribution is -2.37. The van der Waals surface area contributed by atoms with Gasteiger partial charge in [0.05, 0.1) is 17.2 Å². The van der Waals surface area contributed by atoms with Gasteiger partial charge in [-0.3, -0.25) is 10.1 Å². The average molecular weight is 532 g/mol. The summed E-state index contributed by atoms with van der Waals surface area (Å²) >= 11 is 1.61. The van der Waals surface area contributed by atoms with E-state index in [1.165, 1.54) is 0 Å². The van der Waals surface area contributed by atoms with Crippen LogP contribution in [-0.2, 0) is 13.0 Å². The maximum atomic E-state index is 10.7. The van der Waals surface area contributed by atoms with E-state index in [9.17, 15) is 10.1 Å². The van der Waals surface area contributed by atoms with E-state index in [0.29, 0.717) is 6.54 Å². The summed E-state index contributed by atoms with van der Waals surface area (Å²) in [7, 11) is 3.96. The third-order valence-electron chi connectivity index (χ3n) is 4.00. The van der Waals surface area contributed by atoms with Crippen LogP contribution in [0.1, 0.15) is 31.0 Å². The molecule has 1 aromatic carbocycles. The normalized spacial score (nSPS) is 10.9. The molecule has 160 valence electrons. The van der Waals surface area contributed by atoms with Gasteiger partial charge in [0.1, 0.15) is 0 Å². The van der Waals surface area contributed by atoms with Crippen molar-refractivity contribution in [3.63, 3.8) is 0 Å². The number of aromatic nitrogens is 1. The van der Waals surface area contributed by atoms with Crippen molar-refractivity contribution in [3.05, 3.63) is 51.0 Å². The number of benzene rings is 1. The molecule has 0 amide bonds. The molecule has 0 aliphatic carbocycles. The number of nitro groups is 1. The van der Waals surface area contributed by atoms with Crippen LogP contribution in [0, 0.1) is 10.1 Å². The van der Waals surface area contributed by atoms with Gasteiger partial charge in [0, 0.05) is 44.7 Å². The molecule has 0 spiro atoms. The lowest BCUT2D eigenvalue weighted by molar-refractivity contribution is -0.384. The highest BCUT2D eigenvalue weighted by Crippen LogP contribution is 2.18. The monoisotopic (exact) mass is 532 g/mol. The molecule has 0 saturated heterocycles. The van der Waals surface area contributed by atoms with Crippen LogP contribution in [0.25, 0.3) is 0 Å². The predicted molar refractivity (Wildman–Crippen MR) is 131 cm³/mol. The summed E-state index contributed by atoms with van der Waals surface area (Å²) in [6, 6.07) is 6.77. The van der Waals surface area contributed by atoms with E-state index in [1.54, 1.807) is 23.5 Å². The van der Waals surface area contributed by atoms with Gasteiger partial charge in [-0.05, 0) is 31.7 Å². The number of halogens is 1. The number of anilines is 1. The molecule has 2 rings (SSSR count). The third kappa shape index (κ3) is 8.94. The van der Waals surface area contributed by atoms with Gasteiger partial charge in [-0.25, -0.2) is 9.98 Å². The van der Waals surface area contributed by atoms with E-state index in [4.69, 9.17) is 0 Å². The third-order valence-corrected chi connectivity index (χ3v) is 5.05. The van der Waals surface area contributed by atoms with Crippen molar-refractivity contribution in [1.29, 1.82) is 0 Å². The number of guanidine groups is 1. The van der Waals surface area contributed by atoms with E-state index in [1.807, 2.05) is 43.4 Å². The Morgan fingerprint density at radius 3 is 2.55 bits per heavy atom. The largest absolute Gasteiger partial charge is 0.357 e. The number of rotatable bonds is 10. The molecule has 8 nitrogen and oxygen atoms in total. The summed E-state index contributed by atoms with van der Waals surface area (Å²) in [5.41, 5.74) is 2.21. The predicted octanol–water partition coefficient (Wildman–Crippen LogP) is 3.81. The molecule has 1 aromatic heterocycles. The molecule has 0 radical (unpaired) electrons.